The van der Waals surface area contributed by atoms with Crippen molar-refractivity contribution in [1.29, 1.82) is 0 Å². The number of ether oxygens (including phenoxy) is 1. The number of aryl methyl sites for hydroxylation is 1. The zero-order chi connectivity index (χ0) is 19.5. The molecule has 0 saturated heterocycles. The minimum absolute atomic E-state index is 0.104. The molecule has 0 amide bonds. The SMILES string of the molecule is Cc1cccc(-c2nc(-c3ccc(OCc4c(F)cccc4F)cc3)no2)c1. The average Bonchev–Trinajstić information content (AvgIpc) is 3.18. The fourth-order valence-corrected chi connectivity index (χ4v) is 2.76. The average molecular weight is 378 g/mol. The fraction of sp³-hybridized carbons (Fsp3) is 0.0909. The van der Waals surface area contributed by atoms with Gasteiger partial charge in [-0.3, -0.25) is 0 Å². The van der Waals surface area contributed by atoms with Gasteiger partial charge >= 0.3 is 0 Å². The molecule has 6 heteroatoms. The topological polar surface area (TPSA) is 48.2 Å². The molecule has 0 N–H and O–H groups in total. The van der Waals surface area contributed by atoms with Gasteiger partial charge < -0.3 is 9.26 Å². The van der Waals surface area contributed by atoms with Crippen molar-refractivity contribution < 1.29 is 18.0 Å². The summed E-state index contributed by atoms with van der Waals surface area (Å²) in [7, 11) is 0. The Morgan fingerprint density at radius 2 is 1.61 bits per heavy atom. The van der Waals surface area contributed by atoms with Crippen molar-refractivity contribution in [1.82, 2.24) is 10.1 Å². The third-order valence-electron chi connectivity index (χ3n) is 4.25. The van der Waals surface area contributed by atoms with Crippen molar-refractivity contribution >= 4 is 0 Å². The Hall–Kier alpha value is -3.54. The first-order valence-electron chi connectivity index (χ1n) is 8.67. The van der Waals surface area contributed by atoms with E-state index >= 15 is 0 Å². The third kappa shape index (κ3) is 3.76. The normalized spacial score (nSPS) is 10.8. The van der Waals surface area contributed by atoms with Crippen LogP contribution < -0.4 is 4.74 Å². The van der Waals surface area contributed by atoms with E-state index in [2.05, 4.69) is 10.1 Å². The summed E-state index contributed by atoms with van der Waals surface area (Å²) in [5.41, 5.74) is 2.59. The highest BCUT2D eigenvalue weighted by molar-refractivity contribution is 5.60. The van der Waals surface area contributed by atoms with Gasteiger partial charge in [0.1, 0.15) is 24.0 Å². The van der Waals surface area contributed by atoms with Crippen LogP contribution in [0.15, 0.2) is 71.3 Å². The Labute approximate surface area is 160 Å². The molecule has 28 heavy (non-hydrogen) atoms. The first-order chi connectivity index (χ1) is 13.6. The van der Waals surface area contributed by atoms with E-state index in [4.69, 9.17) is 9.26 Å². The van der Waals surface area contributed by atoms with E-state index in [1.165, 1.54) is 18.2 Å². The molecule has 1 aromatic heterocycles. The van der Waals surface area contributed by atoms with E-state index < -0.39 is 11.6 Å². The van der Waals surface area contributed by atoms with Crippen molar-refractivity contribution in [2.24, 2.45) is 0 Å². The van der Waals surface area contributed by atoms with E-state index in [1.807, 2.05) is 31.2 Å². The predicted octanol–water partition coefficient (Wildman–Crippen LogP) is 5.57. The fourth-order valence-electron chi connectivity index (χ4n) is 2.76. The zero-order valence-electron chi connectivity index (χ0n) is 15.0. The summed E-state index contributed by atoms with van der Waals surface area (Å²) < 4.78 is 38.2. The second-order valence-corrected chi connectivity index (χ2v) is 6.31. The summed E-state index contributed by atoms with van der Waals surface area (Å²) in [5, 5.41) is 4.01. The van der Waals surface area contributed by atoms with Crippen LogP contribution in [0.4, 0.5) is 8.78 Å². The molecule has 4 rings (SSSR count). The largest absolute Gasteiger partial charge is 0.489 e. The smallest absolute Gasteiger partial charge is 0.258 e. The third-order valence-corrected chi connectivity index (χ3v) is 4.25. The number of aromatic nitrogens is 2. The highest BCUT2D eigenvalue weighted by Gasteiger charge is 2.12. The van der Waals surface area contributed by atoms with Gasteiger partial charge in [0, 0.05) is 11.1 Å². The van der Waals surface area contributed by atoms with Crippen molar-refractivity contribution in [3.63, 3.8) is 0 Å². The lowest BCUT2D eigenvalue weighted by molar-refractivity contribution is 0.292. The highest BCUT2D eigenvalue weighted by Crippen LogP contribution is 2.25. The number of nitrogens with zero attached hydrogens (tertiary/aromatic N) is 2. The first kappa shape index (κ1) is 17.9. The number of halogens is 2. The van der Waals surface area contributed by atoms with Gasteiger partial charge in [-0.1, -0.05) is 28.9 Å². The Morgan fingerprint density at radius 3 is 2.32 bits per heavy atom. The van der Waals surface area contributed by atoms with Gasteiger partial charge in [-0.15, -0.1) is 0 Å². The van der Waals surface area contributed by atoms with Crippen LogP contribution in [-0.2, 0) is 6.61 Å². The second-order valence-electron chi connectivity index (χ2n) is 6.31. The predicted molar refractivity (Wildman–Crippen MR) is 101 cm³/mol. The summed E-state index contributed by atoms with van der Waals surface area (Å²) in [4.78, 5) is 4.42. The van der Waals surface area contributed by atoms with Crippen LogP contribution in [0.25, 0.3) is 22.8 Å². The molecule has 0 aliphatic carbocycles. The lowest BCUT2D eigenvalue weighted by atomic mass is 10.1. The molecule has 0 aliphatic rings. The van der Waals surface area contributed by atoms with Crippen LogP contribution >= 0.6 is 0 Å². The zero-order valence-corrected chi connectivity index (χ0v) is 15.0. The summed E-state index contributed by atoms with van der Waals surface area (Å²) in [6.07, 6.45) is 0. The van der Waals surface area contributed by atoms with Gasteiger partial charge in [0.15, 0.2) is 0 Å². The maximum Gasteiger partial charge on any atom is 0.258 e. The molecular weight excluding hydrogens is 362 g/mol. The van der Waals surface area contributed by atoms with Gasteiger partial charge in [0.05, 0.1) is 5.56 Å². The van der Waals surface area contributed by atoms with Gasteiger partial charge in [-0.2, -0.15) is 4.98 Å². The van der Waals surface area contributed by atoms with Crippen LogP contribution in [0.3, 0.4) is 0 Å². The highest BCUT2D eigenvalue weighted by atomic mass is 19.1. The Bertz CT molecular complexity index is 1090. The minimum Gasteiger partial charge on any atom is -0.489 e. The quantitative estimate of drug-likeness (QED) is 0.456. The van der Waals surface area contributed by atoms with E-state index in [0.29, 0.717) is 17.5 Å². The monoisotopic (exact) mass is 378 g/mol. The van der Waals surface area contributed by atoms with Gasteiger partial charge in [0.25, 0.3) is 5.89 Å². The molecule has 3 aromatic carbocycles. The summed E-state index contributed by atoms with van der Waals surface area (Å²) in [6, 6.07) is 18.4. The van der Waals surface area contributed by atoms with Crippen LogP contribution in [0.2, 0.25) is 0 Å². The molecule has 0 atom stereocenters. The molecule has 0 unspecified atom stereocenters. The molecule has 1 heterocycles. The molecular formula is C22H16F2N2O2. The Balaban J connectivity index is 1.48. The molecule has 0 aliphatic heterocycles. The molecule has 0 spiro atoms. The van der Waals surface area contributed by atoms with Gasteiger partial charge in [0.2, 0.25) is 5.82 Å². The van der Waals surface area contributed by atoms with Gasteiger partial charge in [-0.05, 0) is 55.5 Å². The number of hydrogen-bond donors (Lipinski definition) is 0. The lowest BCUT2D eigenvalue weighted by Crippen LogP contribution is -2.01. The molecule has 140 valence electrons. The maximum atomic E-state index is 13.7. The Kier molecular flexibility index (Phi) is 4.85. The van der Waals surface area contributed by atoms with Crippen LogP contribution in [0.5, 0.6) is 5.75 Å². The lowest BCUT2D eigenvalue weighted by Gasteiger charge is -2.08. The van der Waals surface area contributed by atoms with Crippen molar-refractivity contribution in [2.75, 3.05) is 0 Å². The maximum absolute atomic E-state index is 13.7. The summed E-state index contributed by atoms with van der Waals surface area (Å²) >= 11 is 0. The molecule has 4 aromatic rings. The molecule has 0 radical (unpaired) electrons. The first-order valence-corrected chi connectivity index (χ1v) is 8.67. The summed E-state index contributed by atoms with van der Waals surface area (Å²) in [6.45, 7) is 1.80. The van der Waals surface area contributed by atoms with Crippen molar-refractivity contribution in [3.8, 4) is 28.6 Å². The Morgan fingerprint density at radius 1 is 0.893 bits per heavy atom. The number of hydrogen-bond acceptors (Lipinski definition) is 4. The number of benzene rings is 3. The van der Waals surface area contributed by atoms with Crippen molar-refractivity contribution in [2.45, 2.75) is 13.5 Å². The van der Waals surface area contributed by atoms with Crippen molar-refractivity contribution in [3.05, 3.63) is 89.5 Å². The molecule has 0 saturated carbocycles. The molecule has 0 fully saturated rings. The van der Waals surface area contributed by atoms with Gasteiger partial charge in [-0.25, -0.2) is 8.78 Å². The standard InChI is InChI=1S/C22H16F2N2O2/c1-14-4-2-5-16(12-14)22-25-21(26-28-22)15-8-10-17(11-9-15)27-13-18-19(23)6-3-7-20(18)24/h2-12H,13H2,1H3. The van der Waals surface area contributed by atoms with Crippen LogP contribution in [0.1, 0.15) is 11.1 Å². The van der Waals surface area contributed by atoms with E-state index in [-0.39, 0.29) is 12.2 Å². The molecule has 0 bridgehead atoms. The van der Waals surface area contributed by atoms with Crippen LogP contribution in [-0.4, -0.2) is 10.1 Å². The minimum atomic E-state index is -0.632. The van der Waals surface area contributed by atoms with E-state index in [0.717, 1.165) is 16.7 Å². The van der Waals surface area contributed by atoms with E-state index in [1.54, 1.807) is 24.3 Å². The van der Waals surface area contributed by atoms with Crippen LogP contribution in [0, 0.1) is 18.6 Å². The molecule has 4 nitrogen and oxygen atoms in total. The second kappa shape index (κ2) is 7.60. The number of rotatable bonds is 5. The van der Waals surface area contributed by atoms with E-state index in [9.17, 15) is 8.78 Å². The summed E-state index contributed by atoms with van der Waals surface area (Å²) in [5.74, 6) is 0.102.